The minimum absolute atomic E-state index is 0.0332. The molecular weight excluding hydrogens is 242 g/mol. The Morgan fingerprint density at radius 1 is 1.47 bits per heavy atom. The number of aromatic hydroxyl groups is 1. The summed E-state index contributed by atoms with van der Waals surface area (Å²) in [4.78, 5) is 15.4. The monoisotopic (exact) mass is 255 g/mol. The summed E-state index contributed by atoms with van der Waals surface area (Å²) in [6, 6.07) is 3.80. The number of aliphatic imine (C=N–C) groups is 1. The van der Waals surface area contributed by atoms with Crippen LogP contribution in [0, 0.1) is 0 Å². The lowest BCUT2D eigenvalue weighted by Crippen LogP contribution is -1.97. The van der Waals surface area contributed by atoms with Crippen LogP contribution in [0.4, 0.5) is 11.8 Å². The van der Waals surface area contributed by atoms with Crippen molar-refractivity contribution in [2.45, 2.75) is 6.92 Å². The van der Waals surface area contributed by atoms with Gasteiger partial charge < -0.3 is 15.4 Å². The Morgan fingerprint density at radius 3 is 3.21 bits per heavy atom. The molecule has 1 aliphatic heterocycles. The van der Waals surface area contributed by atoms with Crippen LogP contribution in [0.25, 0.3) is 11.6 Å². The van der Waals surface area contributed by atoms with E-state index in [0.717, 1.165) is 17.7 Å². The Hall–Kier alpha value is -2.63. The number of imidazole rings is 1. The number of allylic oxidation sites excluding steroid dienone is 1. The van der Waals surface area contributed by atoms with Crippen molar-refractivity contribution < 1.29 is 5.11 Å². The van der Waals surface area contributed by atoms with Gasteiger partial charge in [-0.25, -0.2) is 9.98 Å². The molecule has 19 heavy (non-hydrogen) atoms. The van der Waals surface area contributed by atoms with Crippen LogP contribution in [0.2, 0.25) is 0 Å². The van der Waals surface area contributed by atoms with Crippen molar-refractivity contribution in [2.75, 3.05) is 11.9 Å². The van der Waals surface area contributed by atoms with E-state index >= 15 is 0 Å². The van der Waals surface area contributed by atoms with E-state index in [9.17, 15) is 5.11 Å². The Balaban J connectivity index is 1.97. The maximum atomic E-state index is 9.78. The van der Waals surface area contributed by atoms with Gasteiger partial charge in [0.1, 0.15) is 5.69 Å². The molecule has 0 radical (unpaired) electrons. The van der Waals surface area contributed by atoms with Gasteiger partial charge in [0.2, 0.25) is 11.8 Å². The van der Waals surface area contributed by atoms with Crippen molar-refractivity contribution in [3.8, 4) is 5.88 Å². The summed E-state index contributed by atoms with van der Waals surface area (Å²) in [5, 5.41) is 12.8. The molecule has 0 saturated carbocycles. The number of fused-ring (bicyclic) bond motifs is 1. The molecule has 96 valence electrons. The lowest BCUT2D eigenvalue weighted by Gasteiger charge is -1.97. The lowest BCUT2D eigenvalue weighted by molar-refractivity contribution is 0.455. The molecule has 0 saturated heterocycles. The molecule has 0 spiro atoms. The smallest absolute Gasteiger partial charge is 0.238 e. The average molecular weight is 255 g/mol. The Bertz CT molecular complexity index is 671. The molecule has 2 aromatic heterocycles. The van der Waals surface area contributed by atoms with Gasteiger partial charge in [0.05, 0.1) is 0 Å². The van der Waals surface area contributed by atoms with E-state index in [-0.39, 0.29) is 5.88 Å². The van der Waals surface area contributed by atoms with Crippen LogP contribution in [0.3, 0.4) is 0 Å². The van der Waals surface area contributed by atoms with Crippen LogP contribution in [0.1, 0.15) is 18.2 Å². The summed E-state index contributed by atoms with van der Waals surface area (Å²) >= 11 is 0. The maximum Gasteiger partial charge on any atom is 0.238 e. The molecule has 0 unspecified atom stereocenters. The average Bonchev–Trinajstić information content (AvgIpc) is 2.96. The predicted octanol–water partition coefficient (Wildman–Crippen LogP) is 2.20. The van der Waals surface area contributed by atoms with E-state index in [1.54, 1.807) is 18.5 Å². The number of nitrogens with one attached hydrogen (secondary N) is 2. The standard InChI is InChI=1S/C13H13N5O/c1-2-14-13-17-10(12(19)18-13)6-8-7-16-11-9(8)4-3-5-15-11/h3-7,19H,2H2,1H3,(H2,14,17,18)/b8-6+. The number of anilines is 1. The first-order valence-corrected chi connectivity index (χ1v) is 6.02. The highest BCUT2D eigenvalue weighted by Gasteiger charge is 2.14. The SMILES string of the molecule is CCNc1nc(O)c(/C=C2\C=Nc3ncccc32)[nH]1. The van der Waals surface area contributed by atoms with Gasteiger partial charge in [-0.15, -0.1) is 0 Å². The summed E-state index contributed by atoms with van der Waals surface area (Å²) in [5.41, 5.74) is 2.39. The predicted molar refractivity (Wildman–Crippen MR) is 74.7 cm³/mol. The van der Waals surface area contributed by atoms with E-state index in [4.69, 9.17) is 0 Å². The van der Waals surface area contributed by atoms with Gasteiger partial charge in [-0.2, -0.15) is 4.98 Å². The lowest BCUT2D eigenvalue weighted by atomic mass is 10.1. The summed E-state index contributed by atoms with van der Waals surface area (Å²) in [5.74, 6) is 1.21. The molecule has 0 atom stereocenters. The van der Waals surface area contributed by atoms with E-state index in [2.05, 4.69) is 25.3 Å². The molecule has 3 N–H and O–H groups in total. The van der Waals surface area contributed by atoms with Crippen molar-refractivity contribution in [3.63, 3.8) is 0 Å². The van der Waals surface area contributed by atoms with Gasteiger partial charge >= 0.3 is 0 Å². The second-order valence-electron chi connectivity index (χ2n) is 4.09. The first-order chi connectivity index (χ1) is 9.28. The number of hydrogen-bond acceptors (Lipinski definition) is 5. The van der Waals surface area contributed by atoms with E-state index in [0.29, 0.717) is 17.5 Å². The van der Waals surface area contributed by atoms with Gasteiger partial charge in [-0.05, 0) is 25.1 Å². The molecule has 0 aliphatic carbocycles. The number of aromatic nitrogens is 3. The Kier molecular flexibility index (Phi) is 2.75. The molecule has 1 aliphatic rings. The summed E-state index contributed by atoms with van der Waals surface area (Å²) in [7, 11) is 0. The first kappa shape index (κ1) is 11.5. The molecule has 0 amide bonds. The third-order valence-electron chi connectivity index (χ3n) is 2.78. The largest absolute Gasteiger partial charge is 0.492 e. The van der Waals surface area contributed by atoms with Crippen molar-refractivity contribution in [2.24, 2.45) is 4.99 Å². The highest BCUT2D eigenvalue weighted by Crippen LogP contribution is 2.31. The molecule has 3 rings (SSSR count). The fourth-order valence-electron chi connectivity index (χ4n) is 1.93. The fourth-order valence-corrected chi connectivity index (χ4v) is 1.93. The third-order valence-corrected chi connectivity index (χ3v) is 2.78. The van der Waals surface area contributed by atoms with Crippen LogP contribution in [0.5, 0.6) is 5.88 Å². The zero-order valence-corrected chi connectivity index (χ0v) is 10.4. The van der Waals surface area contributed by atoms with Crippen LogP contribution >= 0.6 is 0 Å². The second-order valence-corrected chi connectivity index (χ2v) is 4.09. The van der Waals surface area contributed by atoms with Crippen molar-refractivity contribution >= 4 is 29.6 Å². The van der Waals surface area contributed by atoms with E-state index in [1.165, 1.54) is 0 Å². The summed E-state index contributed by atoms with van der Waals surface area (Å²) in [6.07, 6.45) is 5.24. The van der Waals surface area contributed by atoms with E-state index in [1.807, 2.05) is 19.1 Å². The molecule has 0 bridgehead atoms. The highest BCUT2D eigenvalue weighted by atomic mass is 16.3. The van der Waals surface area contributed by atoms with Gasteiger partial charge in [-0.3, -0.25) is 0 Å². The topological polar surface area (TPSA) is 86.2 Å². The van der Waals surface area contributed by atoms with E-state index < -0.39 is 0 Å². The maximum absolute atomic E-state index is 9.78. The van der Waals surface area contributed by atoms with Gasteiger partial charge in [0.25, 0.3) is 0 Å². The number of nitrogens with zero attached hydrogens (tertiary/aromatic N) is 3. The van der Waals surface area contributed by atoms with Crippen LogP contribution in [-0.2, 0) is 0 Å². The normalized spacial score (nSPS) is 14.9. The zero-order valence-electron chi connectivity index (χ0n) is 10.4. The minimum atomic E-state index is -0.0332. The molecular formula is C13H13N5O. The molecule has 6 heteroatoms. The van der Waals surface area contributed by atoms with Crippen molar-refractivity contribution in [3.05, 3.63) is 29.6 Å². The van der Waals surface area contributed by atoms with Crippen molar-refractivity contribution in [1.82, 2.24) is 15.0 Å². The van der Waals surface area contributed by atoms with Crippen LogP contribution in [-0.4, -0.2) is 32.8 Å². The first-order valence-electron chi connectivity index (χ1n) is 6.02. The van der Waals surface area contributed by atoms with Crippen molar-refractivity contribution in [1.29, 1.82) is 0 Å². The molecule has 3 heterocycles. The Labute approximate surface area is 110 Å². The quantitative estimate of drug-likeness (QED) is 0.784. The van der Waals surface area contributed by atoms with Gasteiger partial charge in [0.15, 0.2) is 5.82 Å². The Morgan fingerprint density at radius 2 is 2.37 bits per heavy atom. The molecule has 0 aromatic carbocycles. The number of H-pyrrole nitrogens is 1. The number of aromatic amines is 1. The summed E-state index contributed by atoms with van der Waals surface area (Å²) in [6.45, 7) is 2.69. The van der Waals surface area contributed by atoms with Gasteiger partial charge in [0, 0.05) is 30.1 Å². The summed E-state index contributed by atoms with van der Waals surface area (Å²) < 4.78 is 0. The third kappa shape index (κ3) is 2.08. The zero-order chi connectivity index (χ0) is 13.2. The second kappa shape index (κ2) is 4.56. The molecule has 2 aromatic rings. The molecule has 6 nitrogen and oxygen atoms in total. The van der Waals surface area contributed by atoms with Crippen LogP contribution < -0.4 is 5.32 Å². The number of rotatable bonds is 3. The molecule has 0 fully saturated rings. The van der Waals surface area contributed by atoms with Gasteiger partial charge in [-0.1, -0.05) is 0 Å². The minimum Gasteiger partial charge on any atom is -0.492 e. The van der Waals surface area contributed by atoms with Crippen LogP contribution in [0.15, 0.2) is 23.3 Å². The highest BCUT2D eigenvalue weighted by molar-refractivity contribution is 6.20. The number of pyridine rings is 1. The number of hydrogen-bond donors (Lipinski definition) is 3. The fraction of sp³-hybridized carbons (Fsp3) is 0.154.